The fourth-order valence-corrected chi connectivity index (χ4v) is 8.05. The average Bonchev–Trinajstić information content (AvgIpc) is 3.07. The van der Waals surface area contributed by atoms with Crippen LogP contribution in [0.25, 0.3) is 10.8 Å². The number of rotatable bonds is 11. The van der Waals surface area contributed by atoms with Gasteiger partial charge in [-0.15, -0.1) is 0 Å². The highest BCUT2D eigenvalue weighted by atomic mass is 35.5. The van der Waals surface area contributed by atoms with Crippen molar-refractivity contribution in [2.75, 3.05) is 39.0 Å². The summed E-state index contributed by atoms with van der Waals surface area (Å²) in [5.41, 5.74) is 3.28. The highest BCUT2D eigenvalue weighted by molar-refractivity contribution is 7.85. The van der Waals surface area contributed by atoms with Gasteiger partial charge in [0, 0.05) is 35.7 Å². The third-order valence-corrected chi connectivity index (χ3v) is 11.2. The lowest BCUT2D eigenvalue weighted by Crippen LogP contribution is -2.36. The van der Waals surface area contributed by atoms with E-state index in [0.29, 0.717) is 39.4 Å². The molecule has 45 heavy (non-hydrogen) atoms. The lowest BCUT2D eigenvalue weighted by atomic mass is 9.88. The van der Waals surface area contributed by atoms with E-state index in [1.54, 1.807) is 11.0 Å². The standard InChI is InChI=1S/C37H39Cl2N3O2S/c1-3-20-45(44)36-11-7-6-10-32(36)27-14-17-42(18-15-27)19-16-30(28-12-13-34(38)35(39)23-28)25-41(2)37(43)33-22-26(24-40)21-29-8-4-5-9-31(29)33/h4-13,21-23,27,30H,3,14-20,25H2,1-2H3/t30-,45?/m1/s1. The molecule has 1 aliphatic rings. The molecule has 5 rings (SSSR count). The van der Waals surface area contributed by atoms with Crippen molar-refractivity contribution in [1.29, 1.82) is 5.26 Å². The topological polar surface area (TPSA) is 64.4 Å². The number of piperidine rings is 1. The molecule has 4 aromatic carbocycles. The first kappa shape index (κ1) is 33.2. The summed E-state index contributed by atoms with van der Waals surface area (Å²) in [6.07, 6.45) is 3.80. The van der Waals surface area contributed by atoms with Gasteiger partial charge in [-0.2, -0.15) is 5.26 Å². The fourth-order valence-electron chi connectivity index (χ4n) is 6.43. The Labute approximate surface area is 279 Å². The molecule has 8 heteroatoms. The molecule has 2 atom stereocenters. The molecule has 0 aliphatic carbocycles. The smallest absolute Gasteiger partial charge is 0.254 e. The van der Waals surface area contributed by atoms with Crippen molar-refractivity contribution in [2.45, 2.75) is 49.3 Å². The molecule has 0 saturated carbocycles. The summed E-state index contributed by atoms with van der Waals surface area (Å²) in [7, 11) is 0.870. The Bertz CT molecular complexity index is 1730. The molecule has 0 N–H and O–H groups in total. The molecular formula is C37H39Cl2N3O2S. The normalized spacial score (nSPS) is 15.4. The first-order valence-electron chi connectivity index (χ1n) is 15.6. The number of fused-ring (bicyclic) bond motifs is 1. The number of nitrogens with zero attached hydrogens (tertiary/aromatic N) is 3. The van der Waals surface area contributed by atoms with Crippen LogP contribution in [0.4, 0.5) is 0 Å². The van der Waals surface area contributed by atoms with E-state index in [2.05, 4.69) is 30.0 Å². The number of carbonyl (C=O) groups is 1. The molecule has 0 radical (unpaired) electrons. The van der Waals surface area contributed by atoms with Crippen LogP contribution < -0.4 is 0 Å². The molecule has 1 unspecified atom stereocenters. The van der Waals surface area contributed by atoms with Crippen LogP contribution in [0.1, 0.15) is 71.5 Å². The first-order valence-corrected chi connectivity index (χ1v) is 17.7. The van der Waals surface area contributed by atoms with Crippen LogP contribution in [0.15, 0.2) is 83.8 Å². The van der Waals surface area contributed by atoms with E-state index in [0.717, 1.165) is 66.5 Å². The van der Waals surface area contributed by atoms with E-state index >= 15 is 0 Å². The molecule has 1 heterocycles. The van der Waals surface area contributed by atoms with E-state index in [9.17, 15) is 14.3 Å². The summed E-state index contributed by atoms with van der Waals surface area (Å²) in [5, 5.41) is 12.3. The molecule has 0 bridgehead atoms. The minimum absolute atomic E-state index is 0.0362. The summed E-state index contributed by atoms with van der Waals surface area (Å²) in [6.45, 7) is 5.39. The summed E-state index contributed by atoms with van der Waals surface area (Å²) in [6, 6.07) is 27.4. The second-order valence-electron chi connectivity index (χ2n) is 11.9. The molecular weight excluding hydrogens is 621 g/mol. The zero-order valence-electron chi connectivity index (χ0n) is 25.8. The minimum Gasteiger partial charge on any atom is -0.341 e. The molecule has 0 aromatic heterocycles. The zero-order valence-corrected chi connectivity index (χ0v) is 28.2. The van der Waals surface area contributed by atoms with Crippen molar-refractivity contribution < 1.29 is 9.00 Å². The maximum atomic E-state index is 13.8. The van der Waals surface area contributed by atoms with Crippen molar-refractivity contribution in [2.24, 2.45) is 0 Å². The van der Waals surface area contributed by atoms with Crippen LogP contribution >= 0.6 is 23.2 Å². The van der Waals surface area contributed by atoms with Gasteiger partial charge in [-0.3, -0.25) is 9.00 Å². The van der Waals surface area contributed by atoms with E-state index in [1.807, 2.05) is 67.7 Å². The summed E-state index contributed by atoms with van der Waals surface area (Å²) >= 11 is 12.7. The molecule has 1 fully saturated rings. The van der Waals surface area contributed by atoms with Crippen molar-refractivity contribution in [3.63, 3.8) is 0 Å². The van der Waals surface area contributed by atoms with Crippen LogP contribution in [0.5, 0.6) is 0 Å². The molecule has 1 saturated heterocycles. The van der Waals surface area contributed by atoms with Crippen molar-refractivity contribution in [3.8, 4) is 6.07 Å². The maximum Gasteiger partial charge on any atom is 0.254 e. The molecule has 0 spiro atoms. The van der Waals surface area contributed by atoms with Crippen LogP contribution in [0, 0.1) is 11.3 Å². The highest BCUT2D eigenvalue weighted by Crippen LogP contribution is 2.34. The Hall–Kier alpha value is -3.21. The predicted octanol–water partition coefficient (Wildman–Crippen LogP) is 8.66. The second kappa shape index (κ2) is 15.4. The largest absolute Gasteiger partial charge is 0.341 e. The summed E-state index contributed by atoms with van der Waals surface area (Å²) in [4.78, 5) is 19.1. The molecule has 5 nitrogen and oxygen atoms in total. The summed E-state index contributed by atoms with van der Waals surface area (Å²) < 4.78 is 12.9. The van der Waals surface area contributed by atoms with E-state index in [4.69, 9.17) is 23.2 Å². The third-order valence-electron chi connectivity index (χ3n) is 8.85. The number of benzene rings is 4. The Morgan fingerprint density at radius 3 is 2.49 bits per heavy atom. The van der Waals surface area contributed by atoms with Crippen molar-refractivity contribution >= 4 is 50.7 Å². The Morgan fingerprint density at radius 1 is 1.02 bits per heavy atom. The monoisotopic (exact) mass is 659 g/mol. The van der Waals surface area contributed by atoms with Gasteiger partial charge in [0.2, 0.25) is 0 Å². The van der Waals surface area contributed by atoms with Crippen LogP contribution in [0.2, 0.25) is 10.0 Å². The van der Waals surface area contributed by atoms with Crippen LogP contribution in [0.3, 0.4) is 0 Å². The van der Waals surface area contributed by atoms with Gasteiger partial charge in [-0.1, -0.05) is 78.7 Å². The van der Waals surface area contributed by atoms with Gasteiger partial charge in [-0.05, 0) is 103 Å². The first-order chi connectivity index (χ1) is 21.8. The third kappa shape index (κ3) is 7.96. The van der Waals surface area contributed by atoms with Gasteiger partial charge in [0.25, 0.3) is 5.91 Å². The Morgan fingerprint density at radius 2 is 1.76 bits per heavy atom. The van der Waals surface area contributed by atoms with E-state index < -0.39 is 10.8 Å². The fraction of sp³-hybridized carbons (Fsp3) is 0.351. The van der Waals surface area contributed by atoms with Crippen molar-refractivity contribution in [3.05, 3.63) is 111 Å². The lowest BCUT2D eigenvalue weighted by Gasteiger charge is -2.34. The van der Waals surface area contributed by atoms with Crippen molar-refractivity contribution in [1.82, 2.24) is 9.80 Å². The average molecular weight is 661 g/mol. The Balaban J connectivity index is 1.29. The molecule has 1 aliphatic heterocycles. The number of hydrogen-bond donors (Lipinski definition) is 0. The van der Waals surface area contributed by atoms with E-state index in [-0.39, 0.29) is 11.8 Å². The van der Waals surface area contributed by atoms with Gasteiger partial charge in [0.05, 0.1) is 32.5 Å². The number of carbonyl (C=O) groups excluding carboxylic acids is 1. The zero-order chi connectivity index (χ0) is 31.9. The van der Waals surface area contributed by atoms with Gasteiger partial charge in [0.1, 0.15) is 0 Å². The highest BCUT2D eigenvalue weighted by Gasteiger charge is 2.26. The summed E-state index contributed by atoms with van der Waals surface area (Å²) in [5.74, 6) is 1.03. The van der Waals surface area contributed by atoms with Gasteiger partial charge < -0.3 is 9.80 Å². The lowest BCUT2D eigenvalue weighted by molar-refractivity contribution is 0.0783. The van der Waals surface area contributed by atoms with Crippen LogP contribution in [-0.4, -0.2) is 58.9 Å². The number of halogens is 2. The molecule has 1 amide bonds. The quantitative estimate of drug-likeness (QED) is 0.162. The predicted molar refractivity (Wildman–Crippen MR) is 186 cm³/mol. The maximum absolute atomic E-state index is 13.8. The number of hydrogen-bond acceptors (Lipinski definition) is 4. The van der Waals surface area contributed by atoms with Gasteiger partial charge in [0.15, 0.2) is 0 Å². The number of nitriles is 1. The second-order valence-corrected chi connectivity index (χ2v) is 14.3. The molecule has 4 aromatic rings. The van der Waals surface area contributed by atoms with Gasteiger partial charge >= 0.3 is 0 Å². The number of likely N-dealkylation sites (N-methyl/N-ethyl adjacent to an activating group) is 1. The van der Waals surface area contributed by atoms with Gasteiger partial charge in [-0.25, -0.2) is 0 Å². The number of amides is 1. The van der Waals surface area contributed by atoms with E-state index in [1.165, 1.54) is 5.56 Å². The molecule has 234 valence electrons. The Kier molecular flexibility index (Phi) is 11.3. The SMILES string of the molecule is CCCS(=O)c1ccccc1C1CCN(CC[C@H](CN(C)C(=O)c2cc(C#N)cc3ccccc23)c2ccc(Cl)c(Cl)c2)CC1. The minimum atomic E-state index is -0.956. The number of likely N-dealkylation sites (tertiary alicyclic amines) is 1. The van der Waals surface area contributed by atoms with Crippen LogP contribution in [-0.2, 0) is 10.8 Å².